The van der Waals surface area contributed by atoms with E-state index < -0.39 is 0 Å². The predicted molar refractivity (Wildman–Crippen MR) is 102 cm³/mol. The van der Waals surface area contributed by atoms with Crippen molar-refractivity contribution in [2.24, 2.45) is 0 Å². The number of hydrogen-bond donors (Lipinski definition) is 1. The maximum atomic E-state index is 12.2. The maximum absolute atomic E-state index is 12.2. The van der Waals surface area contributed by atoms with Crippen LogP contribution in [0, 0.1) is 0 Å². The largest absolute Gasteiger partial charge is 0.486 e. The summed E-state index contributed by atoms with van der Waals surface area (Å²) in [6.07, 6.45) is 3.42. The van der Waals surface area contributed by atoms with Gasteiger partial charge in [-0.05, 0) is 36.4 Å². The van der Waals surface area contributed by atoms with E-state index in [0.717, 1.165) is 11.3 Å². The number of hydrogen-bond acceptors (Lipinski definition) is 7. The first-order valence-electron chi connectivity index (χ1n) is 8.34. The highest BCUT2D eigenvalue weighted by molar-refractivity contribution is 7.99. The number of ether oxygens (including phenoxy) is 2. The Hall–Kier alpha value is -3.13. The first kappa shape index (κ1) is 17.3. The molecule has 1 aromatic carbocycles. The first-order valence-corrected chi connectivity index (χ1v) is 9.33. The van der Waals surface area contributed by atoms with Crippen LogP contribution in [0.2, 0.25) is 0 Å². The summed E-state index contributed by atoms with van der Waals surface area (Å²) in [7, 11) is 0. The standard InChI is InChI=1S/C19H16N4O3S/c24-18(21-14-1-3-16-17(11-14)26-10-9-25-16)12-27-19-4-2-15(22-23-19)13-5-7-20-8-6-13/h1-8,11H,9-10,12H2,(H,21,24). The van der Waals surface area contributed by atoms with Crippen molar-refractivity contribution >= 4 is 23.4 Å². The van der Waals surface area contributed by atoms with Crippen LogP contribution in [0.25, 0.3) is 11.3 Å². The van der Waals surface area contributed by atoms with Gasteiger partial charge in [0.15, 0.2) is 11.5 Å². The molecule has 1 amide bonds. The van der Waals surface area contributed by atoms with E-state index in [1.807, 2.05) is 24.3 Å². The van der Waals surface area contributed by atoms with E-state index >= 15 is 0 Å². The molecule has 0 saturated carbocycles. The predicted octanol–water partition coefficient (Wildman–Crippen LogP) is 3.04. The van der Waals surface area contributed by atoms with Crippen LogP contribution >= 0.6 is 11.8 Å². The molecule has 0 aliphatic carbocycles. The number of amides is 1. The number of anilines is 1. The molecule has 8 heteroatoms. The molecule has 7 nitrogen and oxygen atoms in total. The summed E-state index contributed by atoms with van der Waals surface area (Å²) in [5, 5.41) is 11.9. The molecule has 0 bridgehead atoms. The summed E-state index contributed by atoms with van der Waals surface area (Å²) in [6.45, 7) is 1.05. The summed E-state index contributed by atoms with van der Waals surface area (Å²) in [5.74, 6) is 1.44. The van der Waals surface area contributed by atoms with E-state index in [1.165, 1.54) is 11.8 Å². The Balaban J connectivity index is 1.33. The van der Waals surface area contributed by atoms with E-state index in [4.69, 9.17) is 9.47 Å². The van der Waals surface area contributed by atoms with E-state index in [9.17, 15) is 4.79 Å². The lowest BCUT2D eigenvalue weighted by atomic mass is 10.2. The number of rotatable bonds is 5. The summed E-state index contributed by atoms with van der Waals surface area (Å²) in [4.78, 5) is 16.2. The van der Waals surface area contributed by atoms with Crippen LogP contribution in [-0.4, -0.2) is 40.1 Å². The van der Waals surface area contributed by atoms with Gasteiger partial charge >= 0.3 is 0 Å². The summed E-state index contributed by atoms with van der Waals surface area (Å²) < 4.78 is 11.0. The van der Waals surface area contributed by atoms with Gasteiger partial charge in [0.2, 0.25) is 5.91 Å². The minimum absolute atomic E-state index is 0.128. The van der Waals surface area contributed by atoms with Crippen LogP contribution in [0.5, 0.6) is 11.5 Å². The molecule has 136 valence electrons. The average Bonchev–Trinajstić information content (AvgIpc) is 2.73. The second-order valence-electron chi connectivity index (χ2n) is 5.69. The average molecular weight is 380 g/mol. The lowest BCUT2D eigenvalue weighted by Crippen LogP contribution is -2.17. The number of benzene rings is 1. The van der Waals surface area contributed by atoms with Crippen molar-refractivity contribution in [3.05, 3.63) is 54.9 Å². The zero-order valence-electron chi connectivity index (χ0n) is 14.3. The quantitative estimate of drug-likeness (QED) is 0.681. The molecule has 1 aliphatic heterocycles. The third kappa shape index (κ3) is 4.35. The van der Waals surface area contributed by atoms with Gasteiger partial charge in [0, 0.05) is 29.7 Å². The molecular formula is C19H16N4O3S. The summed E-state index contributed by atoms with van der Waals surface area (Å²) in [5.41, 5.74) is 2.39. The monoisotopic (exact) mass is 380 g/mol. The van der Waals surface area contributed by atoms with E-state index in [1.54, 1.807) is 30.6 Å². The Morgan fingerprint density at radius 2 is 1.81 bits per heavy atom. The maximum Gasteiger partial charge on any atom is 0.234 e. The molecular weight excluding hydrogens is 364 g/mol. The van der Waals surface area contributed by atoms with Gasteiger partial charge in [-0.2, -0.15) is 0 Å². The third-order valence-electron chi connectivity index (χ3n) is 3.79. The molecule has 0 fully saturated rings. The number of thioether (sulfide) groups is 1. The van der Waals surface area contributed by atoms with Crippen LogP contribution in [0.1, 0.15) is 0 Å². The molecule has 0 radical (unpaired) electrons. The zero-order chi connectivity index (χ0) is 18.5. The smallest absolute Gasteiger partial charge is 0.234 e. The molecule has 1 aliphatic rings. The molecule has 0 spiro atoms. The van der Waals surface area contributed by atoms with Gasteiger partial charge in [-0.3, -0.25) is 9.78 Å². The van der Waals surface area contributed by atoms with Gasteiger partial charge in [-0.15, -0.1) is 10.2 Å². The Kier molecular flexibility index (Phi) is 5.15. The molecule has 4 rings (SSSR count). The number of fused-ring (bicyclic) bond motifs is 1. The topological polar surface area (TPSA) is 86.2 Å². The number of nitrogens with one attached hydrogen (secondary N) is 1. The lowest BCUT2D eigenvalue weighted by molar-refractivity contribution is -0.113. The molecule has 1 N–H and O–H groups in total. The van der Waals surface area contributed by atoms with Crippen molar-refractivity contribution in [2.75, 3.05) is 24.3 Å². The number of aromatic nitrogens is 3. The van der Waals surface area contributed by atoms with Gasteiger partial charge < -0.3 is 14.8 Å². The highest BCUT2D eigenvalue weighted by Gasteiger charge is 2.13. The Morgan fingerprint density at radius 1 is 1.00 bits per heavy atom. The van der Waals surface area contributed by atoms with Crippen LogP contribution in [0.4, 0.5) is 5.69 Å². The Morgan fingerprint density at radius 3 is 2.59 bits per heavy atom. The highest BCUT2D eigenvalue weighted by Crippen LogP contribution is 2.32. The fourth-order valence-electron chi connectivity index (χ4n) is 2.53. The van der Waals surface area contributed by atoms with Gasteiger partial charge in [0.25, 0.3) is 0 Å². The highest BCUT2D eigenvalue weighted by atomic mass is 32.2. The molecule has 0 saturated heterocycles. The number of carbonyl (C=O) groups excluding carboxylic acids is 1. The van der Waals surface area contributed by atoms with Crippen LogP contribution in [0.3, 0.4) is 0 Å². The fourth-order valence-corrected chi connectivity index (χ4v) is 3.15. The van der Waals surface area contributed by atoms with Crippen molar-refractivity contribution in [3.63, 3.8) is 0 Å². The van der Waals surface area contributed by atoms with Crippen molar-refractivity contribution < 1.29 is 14.3 Å². The Labute approximate surface area is 160 Å². The molecule has 27 heavy (non-hydrogen) atoms. The minimum Gasteiger partial charge on any atom is -0.486 e. The van der Waals surface area contributed by atoms with Crippen molar-refractivity contribution in [1.29, 1.82) is 0 Å². The first-order chi connectivity index (χ1) is 13.3. The fraction of sp³-hybridized carbons (Fsp3) is 0.158. The van der Waals surface area contributed by atoms with E-state index in [-0.39, 0.29) is 11.7 Å². The lowest BCUT2D eigenvalue weighted by Gasteiger charge is -2.18. The van der Waals surface area contributed by atoms with Gasteiger partial charge in [-0.1, -0.05) is 11.8 Å². The zero-order valence-corrected chi connectivity index (χ0v) is 15.1. The molecule has 3 heterocycles. The number of pyridine rings is 1. The third-order valence-corrected chi connectivity index (χ3v) is 4.71. The van der Waals surface area contributed by atoms with Crippen molar-refractivity contribution in [2.45, 2.75) is 5.03 Å². The normalized spacial score (nSPS) is 12.4. The van der Waals surface area contributed by atoms with Gasteiger partial charge in [-0.25, -0.2) is 0 Å². The number of nitrogens with zero attached hydrogens (tertiary/aromatic N) is 3. The van der Waals surface area contributed by atoms with Crippen LogP contribution < -0.4 is 14.8 Å². The van der Waals surface area contributed by atoms with Gasteiger partial charge in [0.05, 0.1) is 11.4 Å². The second-order valence-corrected chi connectivity index (χ2v) is 6.68. The van der Waals surface area contributed by atoms with Crippen molar-refractivity contribution in [1.82, 2.24) is 15.2 Å². The SMILES string of the molecule is O=C(CSc1ccc(-c2ccncc2)nn1)Nc1ccc2c(c1)OCCO2. The molecule has 3 aromatic rings. The second kappa shape index (κ2) is 8.05. The summed E-state index contributed by atoms with van der Waals surface area (Å²) in [6, 6.07) is 12.8. The molecule has 2 aromatic heterocycles. The van der Waals surface area contributed by atoms with Gasteiger partial charge in [0.1, 0.15) is 18.2 Å². The van der Waals surface area contributed by atoms with E-state index in [0.29, 0.717) is 35.4 Å². The van der Waals surface area contributed by atoms with Crippen LogP contribution in [-0.2, 0) is 4.79 Å². The summed E-state index contributed by atoms with van der Waals surface area (Å²) >= 11 is 1.33. The van der Waals surface area contributed by atoms with E-state index in [2.05, 4.69) is 20.5 Å². The van der Waals surface area contributed by atoms with Crippen LogP contribution in [0.15, 0.2) is 59.9 Å². The Bertz CT molecular complexity index is 935. The number of carbonyl (C=O) groups is 1. The molecule has 0 unspecified atom stereocenters. The van der Waals surface area contributed by atoms with Crippen molar-refractivity contribution in [3.8, 4) is 22.8 Å². The molecule has 0 atom stereocenters. The minimum atomic E-state index is -0.128.